The molecule has 0 radical (unpaired) electrons. The number of pyridine rings is 1. The number of nitrogens with one attached hydrogen (secondary N) is 2. The summed E-state index contributed by atoms with van der Waals surface area (Å²) in [4.78, 5) is 23.2. The summed E-state index contributed by atoms with van der Waals surface area (Å²) in [6.45, 7) is 10.0. The van der Waals surface area contributed by atoms with Crippen LogP contribution in [0.25, 0.3) is 28.4 Å². The van der Waals surface area contributed by atoms with Crippen LogP contribution in [0.1, 0.15) is 51.3 Å². The lowest BCUT2D eigenvalue weighted by Crippen LogP contribution is -2.36. The van der Waals surface area contributed by atoms with Crippen molar-refractivity contribution in [1.82, 2.24) is 24.8 Å². The zero-order valence-corrected chi connectivity index (χ0v) is 20.9. The summed E-state index contributed by atoms with van der Waals surface area (Å²) in [5.41, 5.74) is 5.23. The Morgan fingerprint density at radius 1 is 1.32 bits per heavy atom. The monoisotopic (exact) mass is 463 g/mol. The molecule has 0 aromatic carbocycles. The number of rotatable bonds is 11. The van der Waals surface area contributed by atoms with Gasteiger partial charge in [0.15, 0.2) is 0 Å². The molecule has 1 amide bonds. The molecular formula is C27H37N5O2. The van der Waals surface area contributed by atoms with Gasteiger partial charge >= 0.3 is 0 Å². The fourth-order valence-corrected chi connectivity index (χ4v) is 4.86. The van der Waals surface area contributed by atoms with E-state index >= 15 is 0 Å². The van der Waals surface area contributed by atoms with Gasteiger partial charge in [-0.2, -0.15) is 0 Å². The number of methoxy groups -OCH3 is 1. The Morgan fingerprint density at radius 3 is 2.88 bits per heavy atom. The molecule has 1 atom stereocenters. The zero-order chi connectivity index (χ0) is 24.1. The molecule has 7 nitrogen and oxygen atoms in total. The van der Waals surface area contributed by atoms with Gasteiger partial charge in [-0.3, -0.25) is 4.79 Å². The van der Waals surface area contributed by atoms with Crippen molar-refractivity contribution in [3.63, 3.8) is 0 Å². The molecule has 182 valence electrons. The first-order valence-electron chi connectivity index (χ1n) is 12.4. The number of aromatic nitrogens is 3. The topological polar surface area (TPSA) is 75.2 Å². The van der Waals surface area contributed by atoms with E-state index in [0.717, 1.165) is 78.9 Å². The number of H-pyrrole nitrogens is 1. The van der Waals surface area contributed by atoms with Crippen LogP contribution >= 0.6 is 0 Å². The van der Waals surface area contributed by atoms with E-state index in [-0.39, 0.29) is 11.9 Å². The van der Waals surface area contributed by atoms with Crippen LogP contribution in [-0.2, 0) is 22.5 Å². The van der Waals surface area contributed by atoms with Crippen molar-refractivity contribution in [3.8, 4) is 11.3 Å². The molecule has 3 aromatic heterocycles. The Bertz CT molecular complexity index is 1120. The standard InChI is InChI=1S/C27H37N5O2/c1-5-31(6-2)14-8-9-19(3)29-26(33)18-32-17-23(22-16-21(34-4)11-12-25(22)32)24-15-20-10-7-13-28-27(20)30-24/h7,10,13,15-17,19H,5-6,8-9,11-12,14,18H2,1-4H3,(H,28,30)(H,29,33). The fraction of sp³-hybridized carbons (Fsp3) is 0.481. The van der Waals surface area contributed by atoms with Crippen molar-refractivity contribution in [2.45, 2.75) is 59.0 Å². The van der Waals surface area contributed by atoms with Crippen molar-refractivity contribution < 1.29 is 9.53 Å². The summed E-state index contributed by atoms with van der Waals surface area (Å²) in [5, 5.41) is 4.27. The van der Waals surface area contributed by atoms with Crippen LogP contribution in [0.2, 0.25) is 0 Å². The average Bonchev–Trinajstić information content (AvgIpc) is 3.42. The third-order valence-electron chi connectivity index (χ3n) is 6.82. The van der Waals surface area contributed by atoms with Gasteiger partial charge in [-0.15, -0.1) is 0 Å². The molecule has 0 saturated carbocycles. The molecule has 1 aliphatic carbocycles. The van der Waals surface area contributed by atoms with Gasteiger partial charge in [0.25, 0.3) is 0 Å². The highest BCUT2D eigenvalue weighted by Gasteiger charge is 2.23. The maximum Gasteiger partial charge on any atom is 0.240 e. The molecule has 0 saturated heterocycles. The van der Waals surface area contributed by atoms with Crippen molar-refractivity contribution >= 4 is 23.0 Å². The number of nitrogens with zero attached hydrogens (tertiary/aromatic N) is 3. The summed E-state index contributed by atoms with van der Waals surface area (Å²) in [6.07, 6.45) is 9.75. The number of carbonyl (C=O) groups excluding carboxylic acids is 1. The number of fused-ring (bicyclic) bond motifs is 2. The molecular weight excluding hydrogens is 426 g/mol. The van der Waals surface area contributed by atoms with Crippen LogP contribution in [0.3, 0.4) is 0 Å². The fourth-order valence-electron chi connectivity index (χ4n) is 4.86. The number of allylic oxidation sites excluding steroid dienone is 1. The molecule has 1 aliphatic rings. The Labute approximate surface area is 202 Å². The molecule has 2 N–H and O–H groups in total. The Morgan fingerprint density at radius 2 is 2.15 bits per heavy atom. The number of amides is 1. The predicted octanol–water partition coefficient (Wildman–Crippen LogP) is 4.59. The first-order valence-corrected chi connectivity index (χ1v) is 12.4. The minimum absolute atomic E-state index is 0.0551. The molecule has 7 heteroatoms. The zero-order valence-electron chi connectivity index (χ0n) is 20.9. The molecule has 34 heavy (non-hydrogen) atoms. The van der Waals surface area contributed by atoms with Crippen molar-refractivity contribution in [2.75, 3.05) is 26.7 Å². The van der Waals surface area contributed by atoms with Crippen LogP contribution < -0.4 is 5.32 Å². The number of carbonyl (C=O) groups is 1. The molecule has 0 aliphatic heterocycles. The van der Waals surface area contributed by atoms with Gasteiger partial charge in [0.2, 0.25) is 5.91 Å². The predicted molar refractivity (Wildman–Crippen MR) is 137 cm³/mol. The lowest BCUT2D eigenvalue weighted by Gasteiger charge is -2.20. The lowest BCUT2D eigenvalue weighted by atomic mass is 9.99. The van der Waals surface area contributed by atoms with Gasteiger partial charge in [-0.1, -0.05) is 13.8 Å². The molecule has 4 rings (SSSR count). The highest BCUT2D eigenvalue weighted by atomic mass is 16.5. The van der Waals surface area contributed by atoms with Gasteiger partial charge in [0.05, 0.1) is 12.9 Å². The molecule has 3 heterocycles. The Kier molecular flexibility index (Phi) is 7.73. The van der Waals surface area contributed by atoms with Crippen molar-refractivity contribution in [3.05, 3.63) is 47.6 Å². The lowest BCUT2D eigenvalue weighted by molar-refractivity contribution is -0.122. The molecule has 0 spiro atoms. The quantitative estimate of drug-likeness (QED) is 0.436. The highest BCUT2D eigenvalue weighted by Crippen LogP contribution is 2.35. The molecule has 3 aromatic rings. The second-order valence-corrected chi connectivity index (χ2v) is 9.11. The van der Waals surface area contributed by atoms with Gasteiger partial charge in [0.1, 0.15) is 12.2 Å². The normalized spacial score (nSPS) is 14.2. The Hall–Kier alpha value is -3.06. The summed E-state index contributed by atoms with van der Waals surface area (Å²) >= 11 is 0. The van der Waals surface area contributed by atoms with E-state index < -0.39 is 0 Å². The van der Waals surface area contributed by atoms with Gasteiger partial charge < -0.3 is 24.5 Å². The largest absolute Gasteiger partial charge is 0.501 e. The second kappa shape index (κ2) is 10.9. The van der Waals surface area contributed by atoms with Crippen molar-refractivity contribution in [2.24, 2.45) is 0 Å². The number of aromatic amines is 1. The van der Waals surface area contributed by atoms with E-state index in [1.54, 1.807) is 13.3 Å². The van der Waals surface area contributed by atoms with E-state index in [2.05, 4.69) is 69.9 Å². The van der Waals surface area contributed by atoms with Crippen LogP contribution in [-0.4, -0.2) is 58.1 Å². The smallest absolute Gasteiger partial charge is 0.240 e. The molecule has 0 bridgehead atoms. The van der Waals surface area contributed by atoms with Gasteiger partial charge in [-0.25, -0.2) is 4.98 Å². The van der Waals surface area contributed by atoms with Crippen molar-refractivity contribution in [1.29, 1.82) is 0 Å². The second-order valence-electron chi connectivity index (χ2n) is 9.11. The van der Waals surface area contributed by atoms with Crippen LogP contribution in [0.5, 0.6) is 0 Å². The highest BCUT2D eigenvalue weighted by molar-refractivity contribution is 5.87. The van der Waals surface area contributed by atoms with E-state index in [1.807, 2.05) is 6.07 Å². The number of ether oxygens (including phenoxy) is 1. The van der Waals surface area contributed by atoms with E-state index in [4.69, 9.17) is 4.74 Å². The minimum atomic E-state index is 0.0551. The van der Waals surface area contributed by atoms with E-state index in [9.17, 15) is 4.79 Å². The van der Waals surface area contributed by atoms with E-state index in [0.29, 0.717) is 6.54 Å². The minimum Gasteiger partial charge on any atom is -0.501 e. The number of hydrogen-bond donors (Lipinski definition) is 2. The molecule has 1 unspecified atom stereocenters. The molecule has 0 fully saturated rings. The third-order valence-corrected chi connectivity index (χ3v) is 6.82. The maximum atomic E-state index is 12.9. The van der Waals surface area contributed by atoms with Gasteiger partial charge in [0, 0.05) is 52.8 Å². The summed E-state index contributed by atoms with van der Waals surface area (Å²) in [7, 11) is 1.72. The first-order chi connectivity index (χ1) is 16.5. The summed E-state index contributed by atoms with van der Waals surface area (Å²) in [6, 6.07) is 6.28. The van der Waals surface area contributed by atoms with Crippen LogP contribution in [0.15, 0.2) is 36.4 Å². The Balaban J connectivity index is 1.50. The maximum absolute atomic E-state index is 12.9. The van der Waals surface area contributed by atoms with Gasteiger partial charge in [-0.05, 0) is 70.1 Å². The average molecular weight is 464 g/mol. The third kappa shape index (κ3) is 5.36. The number of hydrogen-bond acceptors (Lipinski definition) is 4. The summed E-state index contributed by atoms with van der Waals surface area (Å²) < 4.78 is 7.66. The van der Waals surface area contributed by atoms with Crippen LogP contribution in [0, 0.1) is 0 Å². The summed E-state index contributed by atoms with van der Waals surface area (Å²) in [5.74, 6) is 1.02. The van der Waals surface area contributed by atoms with Crippen LogP contribution in [0.4, 0.5) is 0 Å². The SMILES string of the molecule is CCN(CC)CCCC(C)NC(=O)Cn1cc(-c2cc3cccnc3[nH]2)c2c1CCC(OC)=C2. The van der Waals surface area contributed by atoms with E-state index in [1.165, 1.54) is 5.69 Å². The first kappa shape index (κ1) is 24.1.